The van der Waals surface area contributed by atoms with Crippen molar-refractivity contribution in [3.8, 4) is 0 Å². The quantitative estimate of drug-likeness (QED) is 0.740. The first-order valence-electron chi connectivity index (χ1n) is 5.30. The summed E-state index contributed by atoms with van der Waals surface area (Å²) < 4.78 is 5.03. The van der Waals surface area contributed by atoms with Gasteiger partial charge in [0, 0.05) is 50.4 Å². The van der Waals surface area contributed by atoms with Gasteiger partial charge in [0.25, 0.3) is 0 Å². The van der Waals surface area contributed by atoms with Crippen LogP contribution in [0.15, 0.2) is 0 Å². The third-order valence-electron chi connectivity index (χ3n) is 2.67. The van der Waals surface area contributed by atoms with Gasteiger partial charge in [-0.1, -0.05) is 0 Å². The highest BCUT2D eigenvalue weighted by Crippen LogP contribution is 2.15. The summed E-state index contributed by atoms with van der Waals surface area (Å²) in [5.41, 5.74) is 6.02. The van der Waals surface area contributed by atoms with Gasteiger partial charge in [-0.25, -0.2) is 0 Å². The molecule has 2 atom stereocenters. The number of rotatable bonds is 5. The van der Waals surface area contributed by atoms with Gasteiger partial charge in [0.15, 0.2) is 0 Å². The van der Waals surface area contributed by atoms with Crippen molar-refractivity contribution < 1.29 is 4.74 Å². The van der Waals surface area contributed by atoms with Crippen molar-refractivity contribution in [2.24, 2.45) is 5.73 Å². The predicted octanol–water partition coefficient (Wildman–Crippen LogP) is 0.788. The normalized spacial score (nSPS) is 26.4. The Morgan fingerprint density at radius 2 is 2.43 bits per heavy atom. The van der Waals surface area contributed by atoms with E-state index in [2.05, 4.69) is 11.8 Å². The van der Waals surface area contributed by atoms with Crippen LogP contribution in [0.2, 0.25) is 0 Å². The molecule has 84 valence electrons. The lowest BCUT2D eigenvalue weighted by atomic mass is 10.2. The number of nitrogens with two attached hydrogens (primary N) is 1. The molecule has 1 aliphatic rings. The molecule has 1 fully saturated rings. The van der Waals surface area contributed by atoms with E-state index in [-0.39, 0.29) is 6.04 Å². The van der Waals surface area contributed by atoms with Crippen molar-refractivity contribution >= 4 is 11.8 Å². The Hall–Kier alpha value is 0.230. The highest BCUT2D eigenvalue weighted by atomic mass is 32.2. The molecule has 14 heavy (non-hydrogen) atoms. The van der Waals surface area contributed by atoms with Crippen molar-refractivity contribution in [2.45, 2.75) is 25.4 Å². The summed E-state index contributed by atoms with van der Waals surface area (Å²) in [6, 6.07) is 0.947. The minimum atomic E-state index is 0.264. The van der Waals surface area contributed by atoms with Gasteiger partial charge in [0.2, 0.25) is 0 Å². The van der Waals surface area contributed by atoms with Gasteiger partial charge in [0.1, 0.15) is 0 Å². The van der Waals surface area contributed by atoms with E-state index < -0.39 is 0 Å². The molecule has 1 aliphatic heterocycles. The summed E-state index contributed by atoms with van der Waals surface area (Å²) in [4.78, 5) is 2.50. The monoisotopic (exact) mass is 218 g/mol. The van der Waals surface area contributed by atoms with Gasteiger partial charge in [-0.05, 0) is 13.3 Å². The molecule has 1 heterocycles. The second kappa shape index (κ2) is 6.67. The van der Waals surface area contributed by atoms with Crippen molar-refractivity contribution in [2.75, 3.05) is 38.3 Å². The Labute approximate surface area is 91.4 Å². The largest absolute Gasteiger partial charge is 0.385 e. The van der Waals surface area contributed by atoms with Crippen LogP contribution in [-0.4, -0.2) is 55.3 Å². The fraction of sp³-hybridized carbons (Fsp3) is 1.00. The van der Waals surface area contributed by atoms with Gasteiger partial charge in [0.05, 0.1) is 0 Å². The topological polar surface area (TPSA) is 38.5 Å². The van der Waals surface area contributed by atoms with Crippen LogP contribution in [-0.2, 0) is 4.74 Å². The summed E-state index contributed by atoms with van der Waals surface area (Å²) >= 11 is 2.04. The zero-order valence-corrected chi connectivity index (χ0v) is 10.1. The molecule has 1 rings (SSSR count). The van der Waals surface area contributed by atoms with E-state index in [1.54, 1.807) is 7.11 Å². The molecule has 0 radical (unpaired) electrons. The van der Waals surface area contributed by atoms with E-state index >= 15 is 0 Å². The van der Waals surface area contributed by atoms with Crippen molar-refractivity contribution in [1.29, 1.82) is 0 Å². The number of hydrogen-bond donors (Lipinski definition) is 1. The van der Waals surface area contributed by atoms with E-state index in [0.717, 1.165) is 19.6 Å². The van der Waals surface area contributed by atoms with Gasteiger partial charge in [-0.3, -0.25) is 4.90 Å². The maximum absolute atomic E-state index is 6.02. The number of ether oxygens (including phenoxy) is 1. The second-order valence-corrected chi connectivity index (χ2v) is 5.11. The van der Waals surface area contributed by atoms with Crippen LogP contribution in [0.5, 0.6) is 0 Å². The Kier molecular flexibility index (Phi) is 5.86. The molecule has 3 nitrogen and oxygen atoms in total. The zero-order chi connectivity index (χ0) is 10.4. The minimum absolute atomic E-state index is 0.264. The Morgan fingerprint density at radius 1 is 1.64 bits per heavy atom. The van der Waals surface area contributed by atoms with Crippen LogP contribution in [0.4, 0.5) is 0 Å². The third kappa shape index (κ3) is 4.17. The molecule has 4 heteroatoms. The Morgan fingerprint density at radius 3 is 3.07 bits per heavy atom. The van der Waals surface area contributed by atoms with Crippen LogP contribution in [0.3, 0.4) is 0 Å². The number of nitrogens with zero attached hydrogens (tertiary/aromatic N) is 1. The highest BCUT2D eigenvalue weighted by Gasteiger charge is 2.20. The maximum atomic E-state index is 6.02. The lowest BCUT2D eigenvalue weighted by Gasteiger charge is -2.34. The Balaban J connectivity index is 2.20. The molecule has 0 aromatic rings. The van der Waals surface area contributed by atoms with E-state index in [4.69, 9.17) is 10.5 Å². The molecule has 0 spiro atoms. The molecular weight excluding hydrogens is 196 g/mol. The summed E-state index contributed by atoms with van der Waals surface area (Å²) in [6.07, 6.45) is 0.965. The second-order valence-electron chi connectivity index (χ2n) is 3.96. The first kappa shape index (κ1) is 12.3. The van der Waals surface area contributed by atoms with Gasteiger partial charge in [-0.2, -0.15) is 11.8 Å². The third-order valence-corrected chi connectivity index (χ3v) is 3.86. The zero-order valence-electron chi connectivity index (χ0n) is 9.24. The van der Waals surface area contributed by atoms with E-state index in [1.807, 2.05) is 11.8 Å². The first-order chi connectivity index (χ1) is 6.74. The smallest absolute Gasteiger partial charge is 0.0477 e. The fourth-order valence-corrected chi connectivity index (χ4v) is 2.78. The number of hydrogen-bond acceptors (Lipinski definition) is 4. The van der Waals surface area contributed by atoms with Gasteiger partial charge < -0.3 is 10.5 Å². The average molecular weight is 218 g/mol. The van der Waals surface area contributed by atoms with Gasteiger partial charge in [-0.15, -0.1) is 0 Å². The SMILES string of the molecule is COCCC(N)CN1CCSCC1C. The minimum Gasteiger partial charge on any atom is -0.385 e. The van der Waals surface area contributed by atoms with Crippen LogP contribution in [0, 0.1) is 0 Å². The van der Waals surface area contributed by atoms with Crippen molar-refractivity contribution in [1.82, 2.24) is 4.90 Å². The van der Waals surface area contributed by atoms with Crippen LogP contribution < -0.4 is 5.73 Å². The molecule has 2 N–H and O–H groups in total. The molecule has 0 aromatic heterocycles. The van der Waals surface area contributed by atoms with E-state index in [0.29, 0.717) is 6.04 Å². The fourth-order valence-electron chi connectivity index (χ4n) is 1.69. The van der Waals surface area contributed by atoms with Crippen molar-refractivity contribution in [3.63, 3.8) is 0 Å². The highest BCUT2D eigenvalue weighted by molar-refractivity contribution is 7.99. The summed E-state index contributed by atoms with van der Waals surface area (Å²) in [7, 11) is 1.73. The van der Waals surface area contributed by atoms with Crippen LogP contribution >= 0.6 is 11.8 Å². The molecule has 0 bridgehead atoms. The van der Waals surface area contributed by atoms with Crippen LogP contribution in [0.1, 0.15) is 13.3 Å². The van der Waals surface area contributed by atoms with E-state index in [1.165, 1.54) is 18.1 Å². The van der Waals surface area contributed by atoms with Gasteiger partial charge >= 0.3 is 0 Å². The first-order valence-corrected chi connectivity index (χ1v) is 6.46. The molecular formula is C10H22N2OS. The molecule has 1 saturated heterocycles. The lowest BCUT2D eigenvalue weighted by molar-refractivity contribution is 0.166. The maximum Gasteiger partial charge on any atom is 0.0477 e. The standard InChI is InChI=1S/C10H22N2OS/c1-9-8-14-6-4-12(9)7-10(11)3-5-13-2/h9-10H,3-8,11H2,1-2H3. The predicted molar refractivity (Wildman–Crippen MR) is 62.8 cm³/mol. The van der Waals surface area contributed by atoms with Crippen molar-refractivity contribution in [3.05, 3.63) is 0 Å². The summed E-state index contributed by atoms with van der Waals surface area (Å²) in [5.74, 6) is 2.50. The molecule has 2 unspecified atom stereocenters. The number of methoxy groups -OCH3 is 1. The summed E-state index contributed by atoms with van der Waals surface area (Å²) in [5, 5.41) is 0. The molecule has 0 aromatic carbocycles. The lowest BCUT2D eigenvalue weighted by Crippen LogP contribution is -2.46. The van der Waals surface area contributed by atoms with Crippen LogP contribution in [0.25, 0.3) is 0 Å². The number of thioether (sulfide) groups is 1. The molecule has 0 amide bonds. The molecule has 0 aliphatic carbocycles. The summed E-state index contributed by atoms with van der Waals surface area (Å²) in [6.45, 7) is 5.27. The van der Waals surface area contributed by atoms with E-state index in [9.17, 15) is 0 Å². The average Bonchev–Trinajstić information content (AvgIpc) is 2.18. The molecule has 0 saturated carbocycles. The Bertz CT molecular complexity index is 157.